The number of nitrogens with zero attached hydrogens (tertiary/aromatic N) is 4. The van der Waals surface area contributed by atoms with E-state index in [0.717, 1.165) is 11.3 Å². The molecule has 136 valence electrons. The molecule has 0 radical (unpaired) electrons. The SMILES string of the molecule is Cc1cc(NC(=O)CCn2cc(Cl)cn2)nn1Cc1ccc(Cl)cc1Cl. The average molecular weight is 413 g/mol. The maximum Gasteiger partial charge on any atom is 0.227 e. The minimum atomic E-state index is -0.147. The van der Waals surface area contributed by atoms with Crippen molar-refractivity contribution in [2.45, 2.75) is 26.4 Å². The van der Waals surface area contributed by atoms with Gasteiger partial charge in [0, 0.05) is 41.0 Å². The number of hydrogen-bond donors (Lipinski definition) is 1. The van der Waals surface area contributed by atoms with Gasteiger partial charge in [0.2, 0.25) is 5.91 Å². The molecule has 0 saturated heterocycles. The molecule has 3 aromatic rings. The first-order valence-corrected chi connectivity index (χ1v) is 9.00. The van der Waals surface area contributed by atoms with Crippen LogP contribution in [-0.2, 0) is 17.9 Å². The first-order valence-electron chi connectivity index (χ1n) is 7.87. The van der Waals surface area contributed by atoms with Crippen molar-refractivity contribution >= 4 is 46.5 Å². The summed E-state index contributed by atoms with van der Waals surface area (Å²) in [4.78, 5) is 12.1. The molecule has 1 N–H and O–H groups in total. The Kier molecular flexibility index (Phi) is 5.86. The molecular weight excluding hydrogens is 397 g/mol. The number of carbonyl (C=O) groups excluding carboxylic acids is 1. The van der Waals surface area contributed by atoms with E-state index in [9.17, 15) is 4.79 Å². The van der Waals surface area contributed by atoms with Crippen molar-refractivity contribution in [1.82, 2.24) is 19.6 Å². The van der Waals surface area contributed by atoms with E-state index < -0.39 is 0 Å². The van der Waals surface area contributed by atoms with Gasteiger partial charge in [-0.15, -0.1) is 0 Å². The number of benzene rings is 1. The Bertz CT molecular complexity index is 934. The fourth-order valence-corrected chi connectivity index (χ4v) is 3.05. The molecule has 1 aromatic carbocycles. The maximum atomic E-state index is 12.1. The molecule has 0 aliphatic carbocycles. The van der Waals surface area contributed by atoms with Gasteiger partial charge in [-0.1, -0.05) is 40.9 Å². The monoisotopic (exact) mass is 411 g/mol. The van der Waals surface area contributed by atoms with E-state index in [4.69, 9.17) is 34.8 Å². The lowest BCUT2D eigenvalue weighted by Crippen LogP contribution is -2.15. The van der Waals surface area contributed by atoms with Gasteiger partial charge in [0.25, 0.3) is 0 Å². The minimum Gasteiger partial charge on any atom is -0.309 e. The van der Waals surface area contributed by atoms with Gasteiger partial charge in [0.15, 0.2) is 5.82 Å². The molecule has 9 heteroatoms. The van der Waals surface area contributed by atoms with Crippen molar-refractivity contribution in [2.24, 2.45) is 0 Å². The van der Waals surface area contributed by atoms with Crippen molar-refractivity contribution in [3.8, 4) is 0 Å². The maximum absolute atomic E-state index is 12.1. The number of nitrogens with one attached hydrogen (secondary N) is 1. The van der Waals surface area contributed by atoms with Gasteiger partial charge in [0.1, 0.15) is 0 Å². The molecule has 6 nitrogen and oxygen atoms in total. The second kappa shape index (κ2) is 8.12. The Morgan fingerprint density at radius 3 is 2.69 bits per heavy atom. The fraction of sp³-hybridized carbons (Fsp3) is 0.235. The summed E-state index contributed by atoms with van der Waals surface area (Å²) in [6, 6.07) is 7.15. The van der Waals surface area contributed by atoms with Crippen LogP contribution in [0.15, 0.2) is 36.7 Å². The average Bonchev–Trinajstić information content (AvgIpc) is 3.14. The summed E-state index contributed by atoms with van der Waals surface area (Å²) >= 11 is 17.9. The van der Waals surface area contributed by atoms with E-state index in [1.54, 1.807) is 27.7 Å². The smallest absolute Gasteiger partial charge is 0.227 e. The number of rotatable bonds is 6. The molecule has 0 aliphatic rings. The molecule has 2 heterocycles. The molecule has 0 bridgehead atoms. The molecule has 0 saturated carbocycles. The third kappa shape index (κ3) is 4.78. The normalized spacial score (nSPS) is 10.9. The van der Waals surface area contributed by atoms with Gasteiger partial charge in [-0.05, 0) is 24.6 Å². The third-order valence-electron chi connectivity index (χ3n) is 3.75. The predicted molar refractivity (Wildman–Crippen MR) is 103 cm³/mol. The lowest BCUT2D eigenvalue weighted by atomic mass is 10.2. The van der Waals surface area contributed by atoms with Crippen molar-refractivity contribution in [1.29, 1.82) is 0 Å². The first-order chi connectivity index (χ1) is 12.4. The highest BCUT2D eigenvalue weighted by atomic mass is 35.5. The van der Waals surface area contributed by atoms with Gasteiger partial charge < -0.3 is 5.32 Å². The van der Waals surface area contributed by atoms with E-state index in [0.29, 0.717) is 34.0 Å². The minimum absolute atomic E-state index is 0.147. The third-order valence-corrected chi connectivity index (χ3v) is 4.54. The lowest BCUT2D eigenvalue weighted by Gasteiger charge is -2.07. The highest BCUT2D eigenvalue weighted by Gasteiger charge is 2.10. The molecule has 2 aromatic heterocycles. The standard InChI is InChI=1S/C17H16Cl3N5O/c1-11-6-16(22-17(26)4-5-24-10-14(19)8-21-24)23-25(11)9-12-2-3-13(18)7-15(12)20/h2-3,6-8,10H,4-5,9H2,1H3,(H,22,23,26). The van der Waals surface area contributed by atoms with Crippen LogP contribution in [0.2, 0.25) is 15.1 Å². The van der Waals surface area contributed by atoms with Crippen LogP contribution in [0.3, 0.4) is 0 Å². The van der Waals surface area contributed by atoms with Crippen LogP contribution < -0.4 is 5.32 Å². The topological polar surface area (TPSA) is 64.7 Å². The van der Waals surface area contributed by atoms with Gasteiger partial charge in [-0.3, -0.25) is 14.2 Å². The Morgan fingerprint density at radius 2 is 2.00 bits per heavy atom. The molecule has 0 unspecified atom stereocenters. The van der Waals surface area contributed by atoms with Crippen LogP contribution in [0.4, 0.5) is 5.82 Å². The van der Waals surface area contributed by atoms with Crippen LogP contribution in [0.1, 0.15) is 17.7 Å². The van der Waals surface area contributed by atoms with Crippen molar-refractivity contribution < 1.29 is 4.79 Å². The van der Waals surface area contributed by atoms with Crippen LogP contribution >= 0.6 is 34.8 Å². The molecule has 26 heavy (non-hydrogen) atoms. The van der Waals surface area contributed by atoms with Crippen LogP contribution in [-0.4, -0.2) is 25.5 Å². The van der Waals surface area contributed by atoms with Crippen LogP contribution in [0.25, 0.3) is 0 Å². The molecule has 0 aliphatic heterocycles. The highest BCUT2D eigenvalue weighted by molar-refractivity contribution is 6.35. The van der Waals surface area contributed by atoms with Crippen molar-refractivity contribution in [3.63, 3.8) is 0 Å². The quantitative estimate of drug-likeness (QED) is 0.651. The zero-order chi connectivity index (χ0) is 18.7. The molecule has 0 fully saturated rings. The van der Waals surface area contributed by atoms with E-state index in [-0.39, 0.29) is 12.3 Å². The molecular formula is C17H16Cl3N5O. The molecule has 0 atom stereocenters. The van der Waals surface area contributed by atoms with Crippen LogP contribution in [0, 0.1) is 6.92 Å². The van der Waals surface area contributed by atoms with Gasteiger partial charge in [0.05, 0.1) is 17.8 Å². The van der Waals surface area contributed by atoms with E-state index in [1.807, 2.05) is 19.1 Å². The fourth-order valence-electron chi connectivity index (χ4n) is 2.42. The number of halogens is 3. The van der Waals surface area contributed by atoms with Gasteiger partial charge in [-0.2, -0.15) is 10.2 Å². The Hall–Kier alpha value is -2.02. The van der Waals surface area contributed by atoms with E-state index in [2.05, 4.69) is 15.5 Å². The Morgan fingerprint density at radius 1 is 1.19 bits per heavy atom. The van der Waals surface area contributed by atoms with Crippen molar-refractivity contribution in [2.75, 3.05) is 5.32 Å². The van der Waals surface area contributed by atoms with Gasteiger partial charge in [-0.25, -0.2) is 0 Å². The highest BCUT2D eigenvalue weighted by Crippen LogP contribution is 2.22. The summed E-state index contributed by atoms with van der Waals surface area (Å²) in [7, 11) is 0. The largest absolute Gasteiger partial charge is 0.309 e. The second-order valence-electron chi connectivity index (χ2n) is 5.78. The zero-order valence-corrected chi connectivity index (χ0v) is 16.2. The number of aromatic nitrogens is 4. The summed E-state index contributed by atoms with van der Waals surface area (Å²) in [5.74, 6) is 0.349. The van der Waals surface area contributed by atoms with Crippen molar-refractivity contribution in [3.05, 3.63) is 63.0 Å². The molecule has 1 amide bonds. The molecule has 3 rings (SSSR count). The van der Waals surface area contributed by atoms with Crippen LogP contribution in [0.5, 0.6) is 0 Å². The summed E-state index contributed by atoms with van der Waals surface area (Å²) in [5.41, 5.74) is 1.81. The second-order valence-corrected chi connectivity index (χ2v) is 7.06. The summed E-state index contributed by atoms with van der Waals surface area (Å²) in [6.45, 7) is 2.85. The van der Waals surface area contributed by atoms with Gasteiger partial charge >= 0.3 is 0 Å². The predicted octanol–water partition coefficient (Wildman–Crippen LogP) is 4.43. The summed E-state index contributed by atoms with van der Waals surface area (Å²) < 4.78 is 3.40. The summed E-state index contributed by atoms with van der Waals surface area (Å²) in [5, 5.41) is 13.0. The number of hydrogen-bond acceptors (Lipinski definition) is 3. The number of anilines is 1. The van der Waals surface area contributed by atoms with E-state index >= 15 is 0 Å². The van der Waals surface area contributed by atoms with E-state index in [1.165, 1.54) is 6.20 Å². The Balaban J connectivity index is 1.61. The number of amides is 1. The number of aryl methyl sites for hydroxylation is 2. The first kappa shape index (κ1) is 18.8. The number of carbonyl (C=O) groups is 1. The molecule has 0 spiro atoms. The lowest BCUT2D eigenvalue weighted by molar-refractivity contribution is -0.116. The zero-order valence-electron chi connectivity index (χ0n) is 13.9. The Labute approximate surface area is 165 Å². The summed E-state index contributed by atoms with van der Waals surface area (Å²) in [6.07, 6.45) is 3.48.